The number of ether oxygens (including phenoxy) is 1. The number of aliphatic imine (C=N–C) groups is 1. The van der Waals surface area contributed by atoms with E-state index in [1.807, 2.05) is 18.5 Å². The monoisotopic (exact) mass is 561 g/mol. The molecule has 0 radical (unpaired) electrons. The number of nitrogens with zero attached hydrogens (tertiary/aromatic N) is 5. The molecule has 0 spiro atoms. The Balaban J connectivity index is 0.00000363. The minimum atomic E-state index is 0. The van der Waals surface area contributed by atoms with Gasteiger partial charge in [-0.25, -0.2) is 4.99 Å². The highest BCUT2D eigenvalue weighted by molar-refractivity contribution is 14.0. The van der Waals surface area contributed by atoms with E-state index in [-0.39, 0.29) is 24.0 Å². The van der Waals surface area contributed by atoms with Gasteiger partial charge in [-0.1, -0.05) is 32.1 Å². The largest absolute Gasteiger partial charge is 0.379 e. The van der Waals surface area contributed by atoms with E-state index >= 15 is 0 Å². The predicted molar refractivity (Wildman–Crippen MR) is 141 cm³/mol. The van der Waals surface area contributed by atoms with Gasteiger partial charge in [0.1, 0.15) is 12.4 Å². The molecule has 8 nitrogen and oxygen atoms in total. The van der Waals surface area contributed by atoms with Crippen LogP contribution in [0.3, 0.4) is 0 Å². The van der Waals surface area contributed by atoms with Crippen LogP contribution in [0.25, 0.3) is 0 Å². The van der Waals surface area contributed by atoms with Crippen molar-refractivity contribution in [2.24, 2.45) is 18.0 Å². The summed E-state index contributed by atoms with van der Waals surface area (Å²) in [6, 6.07) is 0.411. The van der Waals surface area contributed by atoms with Crippen LogP contribution in [0, 0.1) is 12.8 Å². The lowest BCUT2D eigenvalue weighted by molar-refractivity contribution is 0.0376. The van der Waals surface area contributed by atoms with Crippen molar-refractivity contribution in [2.75, 3.05) is 39.4 Å². The first-order valence-electron chi connectivity index (χ1n) is 12.3. The van der Waals surface area contributed by atoms with Gasteiger partial charge >= 0.3 is 0 Å². The molecule has 0 bridgehead atoms. The Bertz CT molecular complexity index is 669. The molecule has 2 N–H and O–H groups in total. The predicted octanol–water partition coefficient (Wildman–Crippen LogP) is 3.25. The Kier molecular flexibility index (Phi) is 12.8. The first-order chi connectivity index (χ1) is 15.1. The maximum Gasteiger partial charge on any atom is 0.191 e. The molecule has 1 aliphatic heterocycles. The molecule has 2 heterocycles. The van der Waals surface area contributed by atoms with Gasteiger partial charge in [-0.15, -0.1) is 34.2 Å². The molecule has 1 aromatic rings. The summed E-state index contributed by atoms with van der Waals surface area (Å²) < 4.78 is 7.45. The van der Waals surface area contributed by atoms with Crippen LogP contribution >= 0.6 is 24.0 Å². The molecule has 0 aromatic carbocycles. The van der Waals surface area contributed by atoms with Crippen LogP contribution in [-0.4, -0.2) is 71.1 Å². The summed E-state index contributed by atoms with van der Waals surface area (Å²) in [5, 5.41) is 15.6. The van der Waals surface area contributed by atoms with Gasteiger partial charge in [0.05, 0.1) is 13.2 Å². The molecule has 1 aliphatic carbocycles. The lowest BCUT2D eigenvalue weighted by Crippen LogP contribution is -2.44. The zero-order chi connectivity index (χ0) is 21.9. The highest BCUT2D eigenvalue weighted by Crippen LogP contribution is 2.27. The number of rotatable bonds is 10. The number of aromatic nitrogens is 3. The summed E-state index contributed by atoms with van der Waals surface area (Å²) in [5.41, 5.74) is 0. The van der Waals surface area contributed by atoms with Gasteiger partial charge in [-0.2, -0.15) is 0 Å². The molecule has 184 valence electrons. The SMILES string of the molecule is Cc1nnc(CN=C(NCCCN2CCOCC2)NC(C)CCC2CCCCC2)n1C.I. The first kappa shape index (κ1) is 27.3. The summed E-state index contributed by atoms with van der Waals surface area (Å²) >= 11 is 0. The normalized spacial score (nSPS) is 19.4. The van der Waals surface area contributed by atoms with E-state index in [1.54, 1.807) is 0 Å². The average Bonchev–Trinajstić information content (AvgIpc) is 3.12. The molecule has 1 atom stereocenters. The number of hydrogen-bond acceptors (Lipinski definition) is 5. The molecule has 2 fully saturated rings. The molecule has 32 heavy (non-hydrogen) atoms. The molecule has 9 heteroatoms. The van der Waals surface area contributed by atoms with E-state index in [4.69, 9.17) is 9.73 Å². The molecule has 0 amide bonds. The third-order valence-corrected chi connectivity index (χ3v) is 6.72. The van der Waals surface area contributed by atoms with Gasteiger partial charge in [-0.3, -0.25) is 4.90 Å². The fraction of sp³-hybridized carbons (Fsp3) is 0.870. The maximum absolute atomic E-state index is 5.44. The lowest BCUT2D eigenvalue weighted by Gasteiger charge is -2.27. The molecule has 1 saturated carbocycles. The summed E-state index contributed by atoms with van der Waals surface area (Å²) in [6.07, 6.45) is 10.7. The topological polar surface area (TPSA) is 79.6 Å². The van der Waals surface area contributed by atoms with Gasteiger partial charge < -0.3 is 19.9 Å². The zero-order valence-electron chi connectivity index (χ0n) is 20.3. The standard InChI is InChI=1S/C23H43N7O.HI/c1-19(10-11-21-8-5-4-6-9-21)26-23(25-18-22-28-27-20(2)29(22)3)24-12-7-13-30-14-16-31-17-15-30;/h19,21H,4-18H2,1-3H3,(H2,24,25,26);1H. The van der Waals surface area contributed by atoms with Crippen LogP contribution in [0.4, 0.5) is 0 Å². The van der Waals surface area contributed by atoms with Crippen LogP contribution in [0.5, 0.6) is 0 Å². The van der Waals surface area contributed by atoms with E-state index in [0.717, 1.165) is 69.3 Å². The highest BCUT2D eigenvalue weighted by atomic mass is 127. The smallest absolute Gasteiger partial charge is 0.191 e. The van der Waals surface area contributed by atoms with Crippen LogP contribution in [-0.2, 0) is 18.3 Å². The molecule has 1 unspecified atom stereocenters. The molecule has 3 rings (SSSR count). The fourth-order valence-electron chi connectivity index (χ4n) is 4.49. The Morgan fingerprint density at radius 1 is 1.19 bits per heavy atom. The van der Waals surface area contributed by atoms with Crippen LogP contribution < -0.4 is 10.6 Å². The number of guanidine groups is 1. The summed E-state index contributed by atoms with van der Waals surface area (Å²) in [7, 11) is 2.00. The maximum atomic E-state index is 5.44. The molecular weight excluding hydrogens is 517 g/mol. The Hall–Kier alpha value is -0.940. The number of halogens is 1. The third-order valence-electron chi connectivity index (χ3n) is 6.72. The van der Waals surface area contributed by atoms with E-state index in [0.29, 0.717) is 12.6 Å². The summed E-state index contributed by atoms with van der Waals surface area (Å²) in [5.74, 6) is 3.61. The van der Waals surface area contributed by atoms with Gasteiger partial charge in [0.25, 0.3) is 0 Å². The van der Waals surface area contributed by atoms with Crippen LogP contribution in [0.15, 0.2) is 4.99 Å². The molecular formula is C23H44IN7O. The van der Waals surface area contributed by atoms with Crippen LogP contribution in [0.1, 0.15) is 69.9 Å². The number of hydrogen-bond donors (Lipinski definition) is 2. The Morgan fingerprint density at radius 3 is 2.62 bits per heavy atom. The van der Waals surface area contributed by atoms with Gasteiger partial charge in [0.2, 0.25) is 0 Å². The number of nitrogens with one attached hydrogen (secondary N) is 2. The van der Waals surface area contributed by atoms with Crippen molar-refractivity contribution >= 4 is 29.9 Å². The van der Waals surface area contributed by atoms with Gasteiger partial charge in [0.15, 0.2) is 11.8 Å². The molecule has 2 aliphatic rings. The Morgan fingerprint density at radius 2 is 1.94 bits per heavy atom. The van der Waals surface area contributed by atoms with Crippen molar-refractivity contribution < 1.29 is 4.74 Å². The van der Waals surface area contributed by atoms with Gasteiger partial charge in [0, 0.05) is 32.7 Å². The minimum Gasteiger partial charge on any atom is -0.379 e. The summed E-state index contributed by atoms with van der Waals surface area (Å²) in [4.78, 5) is 7.30. The van der Waals surface area contributed by atoms with Crippen molar-refractivity contribution in [1.29, 1.82) is 0 Å². The lowest BCUT2D eigenvalue weighted by atomic mass is 9.85. The van der Waals surface area contributed by atoms with Crippen LogP contribution in [0.2, 0.25) is 0 Å². The minimum absolute atomic E-state index is 0. The van der Waals surface area contributed by atoms with Crippen molar-refractivity contribution in [3.05, 3.63) is 11.6 Å². The van der Waals surface area contributed by atoms with Crippen molar-refractivity contribution in [2.45, 2.75) is 77.8 Å². The highest BCUT2D eigenvalue weighted by Gasteiger charge is 2.15. The second-order valence-corrected chi connectivity index (χ2v) is 9.25. The number of aryl methyl sites for hydroxylation is 1. The van der Waals surface area contributed by atoms with E-state index in [9.17, 15) is 0 Å². The average molecular weight is 562 g/mol. The second kappa shape index (κ2) is 15.1. The Labute approximate surface area is 211 Å². The van der Waals surface area contributed by atoms with E-state index in [2.05, 4.69) is 32.7 Å². The van der Waals surface area contributed by atoms with Crippen molar-refractivity contribution in [1.82, 2.24) is 30.3 Å². The zero-order valence-corrected chi connectivity index (χ0v) is 22.6. The molecule has 1 saturated heterocycles. The fourth-order valence-corrected chi connectivity index (χ4v) is 4.49. The van der Waals surface area contributed by atoms with E-state index < -0.39 is 0 Å². The van der Waals surface area contributed by atoms with Crippen molar-refractivity contribution in [3.8, 4) is 0 Å². The third kappa shape index (κ3) is 9.51. The molecule has 1 aromatic heterocycles. The second-order valence-electron chi connectivity index (χ2n) is 9.25. The summed E-state index contributed by atoms with van der Waals surface area (Å²) in [6.45, 7) is 10.6. The number of morpholine rings is 1. The van der Waals surface area contributed by atoms with Crippen molar-refractivity contribution in [3.63, 3.8) is 0 Å². The quantitative estimate of drug-likeness (QED) is 0.198. The van der Waals surface area contributed by atoms with E-state index in [1.165, 1.54) is 44.9 Å². The van der Waals surface area contributed by atoms with Gasteiger partial charge in [-0.05, 0) is 45.6 Å². The first-order valence-corrected chi connectivity index (χ1v) is 12.3.